The standard InChI is InChI=1S/C20H27N3O.ClH/c1-15-11-18(19(24)22-10-9-20(3,13-21)14-22)16(2)23(15)12-17-7-5-4-6-8-17;/h4-8,11H,9-10,12-14,21H2,1-3H3;1H. The fourth-order valence-electron chi connectivity index (χ4n) is 3.56. The number of nitrogens with zero attached hydrogens (tertiary/aromatic N) is 2. The number of hydrogen-bond acceptors (Lipinski definition) is 2. The Kier molecular flexibility index (Phi) is 5.96. The van der Waals surface area contributed by atoms with Crippen molar-refractivity contribution in [3.05, 3.63) is 58.9 Å². The van der Waals surface area contributed by atoms with E-state index in [-0.39, 0.29) is 23.7 Å². The number of carbonyl (C=O) groups is 1. The summed E-state index contributed by atoms with van der Waals surface area (Å²) >= 11 is 0. The smallest absolute Gasteiger partial charge is 0.255 e. The van der Waals surface area contributed by atoms with E-state index in [2.05, 4.69) is 30.5 Å². The molecule has 1 aromatic carbocycles. The van der Waals surface area contributed by atoms with Gasteiger partial charge in [-0.05, 0) is 43.9 Å². The van der Waals surface area contributed by atoms with E-state index < -0.39 is 0 Å². The first-order valence-electron chi connectivity index (χ1n) is 8.63. The maximum absolute atomic E-state index is 13.0. The molecular weight excluding hydrogens is 334 g/mol. The third-order valence-corrected chi connectivity index (χ3v) is 5.33. The largest absolute Gasteiger partial charge is 0.344 e. The molecule has 25 heavy (non-hydrogen) atoms. The van der Waals surface area contributed by atoms with Crippen LogP contribution in [0.5, 0.6) is 0 Å². The molecular formula is C20H28ClN3O. The second-order valence-corrected chi connectivity index (χ2v) is 7.35. The topological polar surface area (TPSA) is 51.3 Å². The van der Waals surface area contributed by atoms with Gasteiger partial charge in [0, 0.05) is 31.0 Å². The van der Waals surface area contributed by atoms with E-state index in [1.807, 2.05) is 36.1 Å². The Labute approximate surface area is 156 Å². The molecule has 2 heterocycles. The van der Waals surface area contributed by atoms with Crippen molar-refractivity contribution in [2.45, 2.75) is 33.7 Å². The van der Waals surface area contributed by atoms with Crippen molar-refractivity contribution in [3.63, 3.8) is 0 Å². The van der Waals surface area contributed by atoms with Crippen LogP contribution >= 0.6 is 12.4 Å². The fraction of sp³-hybridized carbons (Fsp3) is 0.450. The van der Waals surface area contributed by atoms with Crippen LogP contribution in [0.25, 0.3) is 0 Å². The van der Waals surface area contributed by atoms with Crippen LogP contribution in [0.1, 0.15) is 40.7 Å². The third kappa shape index (κ3) is 3.91. The molecule has 1 atom stereocenters. The van der Waals surface area contributed by atoms with E-state index >= 15 is 0 Å². The molecule has 2 aromatic rings. The molecule has 0 bridgehead atoms. The number of aryl methyl sites for hydroxylation is 1. The Balaban J connectivity index is 0.00000225. The Bertz CT molecular complexity index is 741. The van der Waals surface area contributed by atoms with E-state index in [0.717, 1.165) is 43.0 Å². The highest BCUT2D eigenvalue weighted by Gasteiger charge is 2.36. The molecule has 4 nitrogen and oxygen atoms in total. The molecule has 1 aliphatic rings. The highest BCUT2D eigenvalue weighted by Crippen LogP contribution is 2.30. The summed E-state index contributed by atoms with van der Waals surface area (Å²) in [6.45, 7) is 9.26. The molecule has 0 aliphatic carbocycles. The van der Waals surface area contributed by atoms with Crippen molar-refractivity contribution < 1.29 is 4.79 Å². The SMILES string of the molecule is Cc1cc(C(=O)N2CCC(C)(CN)C2)c(C)n1Cc1ccccc1.Cl. The molecule has 1 fully saturated rings. The molecule has 5 heteroatoms. The molecule has 0 saturated carbocycles. The average Bonchev–Trinajstić information content (AvgIpc) is 3.11. The van der Waals surface area contributed by atoms with Crippen molar-refractivity contribution in [1.29, 1.82) is 0 Å². The highest BCUT2D eigenvalue weighted by atomic mass is 35.5. The Morgan fingerprint density at radius 2 is 1.92 bits per heavy atom. The summed E-state index contributed by atoms with van der Waals surface area (Å²) in [5.74, 6) is 0.139. The lowest BCUT2D eigenvalue weighted by Gasteiger charge is -2.22. The average molecular weight is 362 g/mol. The van der Waals surface area contributed by atoms with Crippen molar-refractivity contribution in [2.75, 3.05) is 19.6 Å². The molecule has 1 saturated heterocycles. The molecule has 1 aromatic heterocycles. The summed E-state index contributed by atoms with van der Waals surface area (Å²) < 4.78 is 2.22. The van der Waals surface area contributed by atoms with Gasteiger partial charge in [0.05, 0.1) is 5.56 Å². The molecule has 1 unspecified atom stereocenters. The Morgan fingerprint density at radius 3 is 2.52 bits per heavy atom. The van der Waals surface area contributed by atoms with Crippen molar-refractivity contribution in [3.8, 4) is 0 Å². The summed E-state index contributed by atoms with van der Waals surface area (Å²) in [7, 11) is 0. The summed E-state index contributed by atoms with van der Waals surface area (Å²) in [4.78, 5) is 14.9. The van der Waals surface area contributed by atoms with E-state index in [1.165, 1.54) is 5.56 Å². The zero-order valence-corrected chi connectivity index (χ0v) is 16.1. The number of benzene rings is 1. The van der Waals surface area contributed by atoms with Crippen molar-refractivity contribution in [2.24, 2.45) is 11.1 Å². The summed E-state index contributed by atoms with van der Waals surface area (Å²) in [5, 5.41) is 0. The van der Waals surface area contributed by atoms with Gasteiger partial charge in [-0.25, -0.2) is 0 Å². The van der Waals surface area contributed by atoms with E-state index in [1.54, 1.807) is 0 Å². The van der Waals surface area contributed by atoms with Crippen molar-refractivity contribution in [1.82, 2.24) is 9.47 Å². The summed E-state index contributed by atoms with van der Waals surface area (Å²) in [6, 6.07) is 12.4. The van der Waals surface area contributed by atoms with Gasteiger partial charge in [-0.2, -0.15) is 0 Å². The number of rotatable bonds is 4. The van der Waals surface area contributed by atoms with Gasteiger partial charge in [0.25, 0.3) is 5.91 Å². The number of nitrogens with two attached hydrogens (primary N) is 1. The minimum Gasteiger partial charge on any atom is -0.344 e. The first-order chi connectivity index (χ1) is 11.4. The lowest BCUT2D eigenvalue weighted by Crippen LogP contribution is -2.34. The minimum atomic E-state index is 0. The lowest BCUT2D eigenvalue weighted by molar-refractivity contribution is 0.0776. The number of aromatic nitrogens is 1. The quantitative estimate of drug-likeness (QED) is 0.907. The van der Waals surface area contributed by atoms with Gasteiger partial charge >= 0.3 is 0 Å². The molecule has 1 amide bonds. The van der Waals surface area contributed by atoms with Crippen molar-refractivity contribution >= 4 is 18.3 Å². The van der Waals surface area contributed by atoms with Gasteiger partial charge in [-0.15, -0.1) is 12.4 Å². The lowest BCUT2D eigenvalue weighted by atomic mass is 9.90. The monoisotopic (exact) mass is 361 g/mol. The molecule has 0 radical (unpaired) electrons. The predicted octanol–water partition coefficient (Wildman–Crippen LogP) is 3.39. The number of halogens is 1. The maximum Gasteiger partial charge on any atom is 0.255 e. The van der Waals surface area contributed by atoms with Crippen LogP contribution in [-0.4, -0.2) is 35.0 Å². The Hall–Kier alpha value is -1.78. The van der Waals surface area contributed by atoms with E-state index in [9.17, 15) is 4.79 Å². The number of amides is 1. The normalized spacial score (nSPS) is 19.8. The van der Waals surface area contributed by atoms with Crippen LogP contribution in [0, 0.1) is 19.3 Å². The third-order valence-electron chi connectivity index (χ3n) is 5.33. The number of hydrogen-bond donors (Lipinski definition) is 1. The van der Waals surface area contributed by atoms with E-state index in [0.29, 0.717) is 6.54 Å². The first kappa shape index (κ1) is 19.5. The summed E-state index contributed by atoms with van der Waals surface area (Å²) in [6.07, 6.45) is 0.984. The summed E-state index contributed by atoms with van der Waals surface area (Å²) in [5.41, 5.74) is 10.2. The fourth-order valence-corrected chi connectivity index (χ4v) is 3.56. The number of carbonyl (C=O) groups excluding carboxylic acids is 1. The van der Waals surface area contributed by atoms with Crippen LogP contribution in [0.15, 0.2) is 36.4 Å². The highest BCUT2D eigenvalue weighted by molar-refractivity contribution is 5.96. The van der Waals surface area contributed by atoms with Gasteiger partial charge in [0.2, 0.25) is 0 Å². The second kappa shape index (κ2) is 7.63. The molecule has 1 aliphatic heterocycles. The van der Waals surface area contributed by atoms with Crippen LogP contribution in [0.4, 0.5) is 0 Å². The minimum absolute atomic E-state index is 0. The van der Waals surface area contributed by atoms with E-state index in [4.69, 9.17) is 5.73 Å². The zero-order valence-electron chi connectivity index (χ0n) is 15.3. The van der Waals surface area contributed by atoms with Gasteiger partial charge in [0.1, 0.15) is 0 Å². The molecule has 3 rings (SSSR count). The van der Waals surface area contributed by atoms with Crippen LogP contribution < -0.4 is 5.73 Å². The zero-order chi connectivity index (χ0) is 17.3. The van der Waals surface area contributed by atoms with Gasteiger partial charge in [0.15, 0.2) is 0 Å². The van der Waals surface area contributed by atoms with Crippen LogP contribution in [0.2, 0.25) is 0 Å². The second-order valence-electron chi connectivity index (χ2n) is 7.35. The molecule has 0 spiro atoms. The number of likely N-dealkylation sites (tertiary alicyclic amines) is 1. The Morgan fingerprint density at radius 1 is 1.24 bits per heavy atom. The first-order valence-corrected chi connectivity index (χ1v) is 8.63. The predicted molar refractivity (Wildman–Crippen MR) is 104 cm³/mol. The van der Waals surface area contributed by atoms with Gasteiger partial charge < -0.3 is 15.2 Å². The van der Waals surface area contributed by atoms with Gasteiger partial charge in [-0.1, -0.05) is 37.3 Å². The van der Waals surface area contributed by atoms with Crippen LogP contribution in [0.3, 0.4) is 0 Å². The molecule has 2 N–H and O–H groups in total. The van der Waals surface area contributed by atoms with Gasteiger partial charge in [-0.3, -0.25) is 4.79 Å². The van der Waals surface area contributed by atoms with Crippen LogP contribution in [-0.2, 0) is 6.54 Å². The molecule has 136 valence electrons. The maximum atomic E-state index is 13.0.